The summed E-state index contributed by atoms with van der Waals surface area (Å²) < 4.78 is 10.9. The third-order valence-electron chi connectivity index (χ3n) is 5.70. The Labute approximate surface area is 182 Å². The number of carboxylic acids is 1. The van der Waals surface area contributed by atoms with E-state index in [-0.39, 0.29) is 28.9 Å². The lowest BCUT2D eigenvalue weighted by Crippen LogP contribution is -2.23. The molecule has 2 aliphatic rings. The second-order valence-electron chi connectivity index (χ2n) is 8.67. The van der Waals surface area contributed by atoms with Gasteiger partial charge in [-0.2, -0.15) is 0 Å². The molecule has 2 heterocycles. The van der Waals surface area contributed by atoms with Crippen LogP contribution in [-0.2, 0) is 32.5 Å². The molecule has 2 aliphatic heterocycles. The first kappa shape index (κ1) is 22.8. The van der Waals surface area contributed by atoms with Gasteiger partial charge >= 0.3 is 5.97 Å². The molecule has 3 N–H and O–H groups in total. The number of aromatic hydroxyl groups is 2. The van der Waals surface area contributed by atoms with E-state index in [0.717, 1.165) is 37.2 Å². The van der Waals surface area contributed by atoms with Gasteiger partial charge in [0.1, 0.15) is 11.5 Å². The molecule has 0 amide bonds. The SMILES string of the molecule is C=C(C)C(=O)O.CC(C)(c1ccc(O)cc1)c1ccc(O)c(CC2CO2)c1CC1CO1. The third kappa shape index (κ3) is 5.87. The molecule has 2 unspecified atom stereocenters. The van der Waals surface area contributed by atoms with Gasteiger partial charge in [0.2, 0.25) is 0 Å². The van der Waals surface area contributed by atoms with Crippen molar-refractivity contribution in [2.75, 3.05) is 13.2 Å². The third-order valence-corrected chi connectivity index (χ3v) is 5.70. The highest BCUT2D eigenvalue weighted by Crippen LogP contribution is 2.40. The number of aliphatic carboxylic acids is 1. The Morgan fingerprint density at radius 3 is 1.94 bits per heavy atom. The normalized spacial score (nSPS) is 19.2. The molecule has 31 heavy (non-hydrogen) atoms. The lowest BCUT2D eigenvalue weighted by atomic mass is 9.74. The lowest BCUT2D eigenvalue weighted by molar-refractivity contribution is -0.132. The van der Waals surface area contributed by atoms with E-state index in [4.69, 9.17) is 14.6 Å². The van der Waals surface area contributed by atoms with Crippen molar-refractivity contribution in [3.8, 4) is 11.5 Å². The van der Waals surface area contributed by atoms with E-state index in [1.54, 1.807) is 18.2 Å². The first-order chi connectivity index (χ1) is 14.6. The largest absolute Gasteiger partial charge is 0.508 e. The standard InChI is InChI=1S/C21H24O4.C4H6O2/c1-21(2,13-3-5-14(22)6-4-13)19-7-8-20(23)18(10-16-12-25-16)17(19)9-15-11-24-15;1-3(2)4(5)6/h3-8,15-16,22-23H,9-12H2,1-2H3;1H2,2H3,(H,5,6). The lowest BCUT2D eigenvalue weighted by Gasteiger charge is -2.30. The number of rotatable bonds is 7. The monoisotopic (exact) mass is 426 g/mol. The minimum atomic E-state index is -0.935. The summed E-state index contributed by atoms with van der Waals surface area (Å²) in [4.78, 5) is 9.60. The maximum atomic E-state index is 10.5. The summed E-state index contributed by atoms with van der Waals surface area (Å²) >= 11 is 0. The fourth-order valence-electron chi connectivity index (χ4n) is 3.59. The molecule has 4 rings (SSSR count). The molecule has 0 bridgehead atoms. The summed E-state index contributed by atoms with van der Waals surface area (Å²) in [5.41, 5.74) is 4.42. The molecule has 0 radical (unpaired) electrons. The summed E-state index contributed by atoms with van der Waals surface area (Å²) in [6.45, 7) is 10.5. The first-order valence-corrected chi connectivity index (χ1v) is 10.3. The topological polar surface area (TPSA) is 103 Å². The van der Waals surface area contributed by atoms with Crippen molar-refractivity contribution >= 4 is 5.97 Å². The smallest absolute Gasteiger partial charge is 0.330 e. The van der Waals surface area contributed by atoms with E-state index in [0.29, 0.717) is 5.75 Å². The van der Waals surface area contributed by atoms with Crippen LogP contribution in [0, 0.1) is 0 Å². The van der Waals surface area contributed by atoms with Crippen LogP contribution in [0.3, 0.4) is 0 Å². The van der Waals surface area contributed by atoms with Crippen molar-refractivity contribution in [1.82, 2.24) is 0 Å². The highest BCUT2D eigenvalue weighted by molar-refractivity contribution is 5.84. The van der Waals surface area contributed by atoms with Crippen LogP contribution in [0.1, 0.15) is 43.0 Å². The molecule has 2 aromatic rings. The number of hydrogen-bond acceptors (Lipinski definition) is 5. The molecule has 0 aliphatic carbocycles. The average Bonchev–Trinajstić information content (AvgIpc) is 3.61. The van der Waals surface area contributed by atoms with Gasteiger partial charge in [-0.05, 0) is 41.8 Å². The van der Waals surface area contributed by atoms with Gasteiger partial charge in [0.15, 0.2) is 0 Å². The number of hydrogen-bond donors (Lipinski definition) is 3. The zero-order chi connectivity index (χ0) is 22.8. The van der Waals surface area contributed by atoms with Gasteiger partial charge in [0.05, 0.1) is 25.4 Å². The van der Waals surface area contributed by atoms with E-state index in [1.165, 1.54) is 18.1 Å². The highest BCUT2D eigenvalue weighted by Gasteiger charge is 2.34. The fourth-order valence-corrected chi connectivity index (χ4v) is 3.59. The Bertz CT molecular complexity index is 941. The highest BCUT2D eigenvalue weighted by atomic mass is 16.6. The summed E-state index contributed by atoms with van der Waals surface area (Å²) in [5.74, 6) is -0.324. The number of benzene rings is 2. The Balaban J connectivity index is 0.000000401. The van der Waals surface area contributed by atoms with Gasteiger partial charge < -0.3 is 24.8 Å². The molecule has 0 spiro atoms. The van der Waals surface area contributed by atoms with Gasteiger partial charge in [0, 0.05) is 29.4 Å². The molecule has 0 saturated carbocycles. The van der Waals surface area contributed by atoms with Crippen LogP contribution in [0.5, 0.6) is 11.5 Å². The predicted octanol–water partition coefficient (Wildman–Crippen LogP) is 3.95. The summed E-state index contributed by atoms with van der Waals surface area (Å²) in [7, 11) is 0. The molecular weight excluding hydrogens is 396 g/mol. The van der Waals surface area contributed by atoms with E-state index in [1.807, 2.05) is 18.2 Å². The Hall–Kier alpha value is -2.83. The molecule has 2 atom stereocenters. The van der Waals surface area contributed by atoms with E-state index >= 15 is 0 Å². The van der Waals surface area contributed by atoms with Crippen molar-refractivity contribution in [3.63, 3.8) is 0 Å². The van der Waals surface area contributed by atoms with Crippen LogP contribution >= 0.6 is 0 Å². The second kappa shape index (κ2) is 9.12. The molecule has 2 aromatic carbocycles. The Morgan fingerprint density at radius 2 is 1.48 bits per heavy atom. The van der Waals surface area contributed by atoms with Crippen molar-refractivity contribution in [1.29, 1.82) is 0 Å². The van der Waals surface area contributed by atoms with Crippen LogP contribution in [0.25, 0.3) is 0 Å². The first-order valence-electron chi connectivity index (χ1n) is 10.3. The molecule has 166 valence electrons. The molecular formula is C25H30O6. The number of phenolic OH excluding ortho intramolecular Hbond substituents is 2. The Kier molecular flexibility index (Phi) is 6.72. The van der Waals surface area contributed by atoms with E-state index in [2.05, 4.69) is 20.4 Å². The van der Waals surface area contributed by atoms with Gasteiger partial charge in [-0.1, -0.05) is 38.6 Å². The zero-order valence-corrected chi connectivity index (χ0v) is 18.2. The minimum absolute atomic E-state index is 0.176. The predicted molar refractivity (Wildman–Crippen MR) is 118 cm³/mol. The molecule has 2 fully saturated rings. The quantitative estimate of drug-likeness (QED) is 0.458. The van der Waals surface area contributed by atoms with E-state index in [9.17, 15) is 15.0 Å². The second-order valence-corrected chi connectivity index (χ2v) is 8.67. The van der Waals surface area contributed by atoms with Crippen LogP contribution in [0.15, 0.2) is 48.6 Å². The van der Waals surface area contributed by atoms with Gasteiger partial charge in [-0.25, -0.2) is 4.79 Å². The summed E-state index contributed by atoms with van der Waals surface area (Å²) in [5, 5.41) is 28.0. The van der Waals surface area contributed by atoms with Gasteiger partial charge in [-0.3, -0.25) is 0 Å². The van der Waals surface area contributed by atoms with Crippen LogP contribution in [0.4, 0.5) is 0 Å². The average molecular weight is 427 g/mol. The van der Waals surface area contributed by atoms with E-state index < -0.39 is 5.97 Å². The number of epoxide rings is 2. The zero-order valence-electron chi connectivity index (χ0n) is 18.2. The molecule has 0 aromatic heterocycles. The summed E-state index contributed by atoms with van der Waals surface area (Å²) in [6.07, 6.45) is 2.02. The molecule has 6 heteroatoms. The maximum Gasteiger partial charge on any atom is 0.330 e. The number of carbonyl (C=O) groups is 1. The van der Waals surface area contributed by atoms with Crippen molar-refractivity contribution in [2.24, 2.45) is 0 Å². The number of carboxylic acid groups (broad SMARTS) is 1. The van der Waals surface area contributed by atoms with Crippen LogP contribution in [-0.4, -0.2) is 46.7 Å². The van der Waals surface area contributed by atoms with Gasteiger partial charge in [-0.15, -0.1) is 0 Å². The summed E-state index contributed by atoms with van der Waals surface area (Å²) in [6, 6.07) is 11.2. The van der Waals surface area contributed by atoms with Gasteiger partial charge in [0.25, 0.3) is 0 Å². The van der Waals surface area contributed by atoms with Crippen molar-refractivity contribution < 1.29 is 29.6 Å². The van der Waals surface area contributed by atoms with Crippen molar-refractivity contribution in [2.45, 2.75) is 51.2 Å². The number of ether oxygens (including phenoxy) is 2. The molecule has 2 saturated heterocycles. The maximum absolute atomic E-state index is 10.5. The van der Waals surface area contributed by atoms with Crippen LogP contribution in [0.2, 0.25) is 0 Å². The van der Waals surface area contributed by atoms with Crippen LogP contribution < -0.4 is 0 Å². The van der Waals surface area contributed by atoms with Crippen molar-refractivity contribution in [3.05, 3.63) is 70.8 Å². The Morgan fingerprint density at radius 1 is 1.00 bits per heavy atom. The number of phenols is 2. The molecule has 6 nitrogen and oxygen atoms in total. The fraction of sp³-hybridized carbons (Fsp3) is 0.400. The minimum Gasteiger partial charge on any atom is -0.508 e.